The van der Waals surface area contributed by atoms with Crippen LogP contribution in [0, 0.1) is 0 Å². The van der Waals surface area contributed by atoms with Crippen molar-refractivity contribution in [2.75, 3.05) is 26.9 Å². The molecule has 0 aliphatic heterocycles. The fraction of sp³-hybridized carbons (Fsp3) is 0.455. The van der Waals surface area contributed by atoms with Gasteiger partial charge in [0.1, 0.15) is 6.61 Å². The predicted molar refractivity (Wildman–Crippen MR) is 60.0 cm³/mol. The molecule has 0 saturated carbocycles. The number of amides is 1. The van der Waals surface area contributed by atoms with Crippen LogP contribution in [0.2, 0.25) is 0 Å². The van der Waals surface area contributed by atoms with Crippen molar-refractivity contribution in [3.8, 4) is 5.88 Å². The summed E-state index contributed by atoms with van der Waals surface area (Å²) in [7, 11) is 1.44. The molecule has 1 aromatic rings. The molecule has 0 radical (unpaired) electrons. The average molecular weight is 278 g/mol. The Bertz CT molecular complexity index is 407. The normalized spacial score (nSPS) is 11.2. The minimum absolute atomic E-state index is 0.0130. The van der Waals surface area contributed by atoms with Gasteiger partial charge in [0.2, 0.25) is 5.88 Å². The van der Waals surface area contributed by atoms with E-state index in [1.54, 1.807) is 0 Å². The molecule has 0 aliphatic rings. The van der Waals surface area contributed by atoms with E-state index < -0.39 is 18.7 Å². The van der Waals surface area contributed by atoms with Gasteiger partial charge >= 0.3 is 6.18 Å². The van der Waals surface area contributed by atoms with Crippen LogP contribution in [0.15, 0.2) is 18.3 Å². The summed E-state index contributed by atoms with van der Waals surface area (Å²) >= 11 is 0. The molecule has 1 N–H and O–H groups in total. The van der Waals surface area contributed by atoms with Crippen LogP contribution in [0.1, 0.15) is 10.4 Å². The maximum absolute atomic E-state index is 11.7. The van der Waals surface area contributed by atoms with Crippen molar-refractivity contribution in [3.63, 3.8) is 0 Å². The summed E-state index contributed by atoms with van der Waals surface area (Å²) in [4.78, 5) is 15.4. The number of pyridine rings is 1. The number of hydrogen-bond donors (Lipinski definition) is 1. The Morgan fingerprint density at radius 3 is 2.68 bits per heavy atom. The monoisotopic (exact) mass is 278 g/mol. The van der Waals surface area contributed by atoms with Crippen molar-refractivity contribution >= 4 is 5.91 Å². The van der Waals surface area contributed by atoms with Crippen LogP contribution in [0.3, 0.4) is 0 Å². The van der Waals surface area contributed by atoms with Crippen molar-refractivity contribution < 1.29 is 27.4 Å². The first kappa shape index (κ1) is 15.2. The third kappa shape index (κ3) is 6.05. The Hall–Kier alpha value is -1.83. The highest BCUT2D eigenvalue weighted by atomic mass is 19.4. The molecule has 5 nitrogen and oxygen atoms in total. The first-order chi connectivity index (χ1) is 8.92. The number of ether oxygens (including phenoxy) is 2. The summed E-state index contributed by atoms with van der Waals surface area (Å²) in [5.74, 6) is -0.0733. The number of nitrogens with zero attached hydrogens (tertiary/aromatic N) is 1. The molecule has 0 spiro atoms. The number of rotatable bonds is 6. The zero-order valence-electron chi connectivity index (χ0n) is 10.2. The number of halogens is 3. The lowest BCUT2D eigenvalue weighted by Crippen LogP contribution is -2.28. The van der Waals surface area contributed by atoms with Gasteiger partial charge in [-0.15, -0.1) is 0 Å². The summed E-state index contributed by atoms with van der Waals surface area (Å²) in [6, 6.07) is 3.01. The van der Waals surface area contributed by atoms with Gasteiger partial charge in [-0.05, 0) is 6.07 Å². The minimum atomic E-state index is -4.36. The molecule has 1 amide bonds. The molecule has 106 valence electrons. The lowest BCUT2D eigenvalue weighted by Gasteiger charge is -2.08. The third-order valence-electron chi connectivity index (χ3n) is 2.01. The molecular formula is C11H13F3N2O3. The van der Waals surface area contributed by atoms with Crippen LogP contribution in [0.25, 0.3) is 0 Å². The summed E-state index contributed by atoms with van der Waals surface area (Å²) in [6.07, 6.45) is -3.05. The standard InChI is InChI=1S/C11H13F3N2O3/c1-18-9-3-2-8(6-16-9)10(17)15-4-5-19-7-11(12,13)14/h2-3,6H,4-5,7H2,1H3,(H,15,17). The zero-order chi connectivity index (χ0) is 14.3. The van der Waals surface area contributed by atoms with Crippen molar-refractivity contribution in [2.24, 2.45) is 0 Å². The predicted octanol–water partition coefficient (Wildman–Crippen LogP) is 1.40. The quantitative estimate of drug-likeness (QED) is 0.799. The van der Waals surface area contributed by atoms with Crippen molar-refractivity contribution in [2.45, 2.75) is 6.18 Å². The SMILES string of the molecule is COc1ccc(C(=O)NCCOCC(F)(F)F)cn1. The number of carbonyl (C=O) groups is 1. The van der Waals surface area contributed by atoms with Gasteiger partial charge in [-0.1, -0.05) is 0 Å². The molecule has 0 atom stereocenters. The van der Waals surface area contributed by atoms with E-state index in [-0.39, 0.29) is 18.7 Å². The molecular weight excluding hydrogens is 265 g/mol. The smallest absolute Gasteiger partial charge is 0.411 e. The highest BCUT2D eigenvalue weighted by Crippen LogP contribution is 2.14. The van der Waals surface area contributed by atoms with Crippen molar-refractivity contribution in [1.29, 1.82) is 0 Å². The topological polar surface area (TPSA) is 60.5 Å². The summed E-state index contributed by atoms with van der Waals surface area (Å²) in [5.41, 5.74) is 0.289. The van der Waals surface area contributed by atoms with Crippen LogP contribution in [-0.2, 0) is 4.74 Å². The summed E-state index contributed by atoms with van der Waals surface area (Å²) in [6.45, 7) is -1.55. The first-order valence-corrected chi connectivity index (χ1v) is 5.35. The number of alkyl halides is 3. The van der Waals surface area contributed by atoms with Crippen LogP contribution in [-0.4, -0.2) is 43.9 Å². The molecule has 1 aromatic heterocycles. The second kappa shape index (κ2) is 6.93. The van der Waals surface area contributed by atoms with E-state index in [1.165, 1.54) is 25.4 Å². The molecule has 0 aromatic carbocycles. The van der Waals surface area contributed by atoms with E-state index in [9.17, 15) is 18.0 Å². The second-order valence-electron chi connectivity index (χ2n) is 3.51. The molecule has 0 fully saturated rings. The van der Waals surface area contributed by atoms with Gasteiger partial charge < -0.3 is 14.8 Å². The fourth-order valence-corrected chi connectivity index (χ4v) is 1.16. The van der Waals surface area contributed by atoms with E-state index >= 15 is 0 Å². The Labute approximate surface area is 107 Å². The van der Waals surface area contributed by atoms with E-state index in [4.69, 9.17) is 4.74 Å². The van der Waals surface area contributed by atoms with Crippen molar-refractivity contribution in [1.82, 2.24) is 10.3 Å². The Kier molecular flexibility index (Phi) is 5.56. The van der Waals surface area contributed by atoms with Gasteiger partial charge in [-0.2, -0.15) is 13.2 Å². The van der Waals surface area contributed by atoms with Gasteiger partial charge in [-0.25, -0.2) is 4.98 Å². The first-order valence-electron chi connectivity index (χ1n) is 5.35. The van der Waals surface area contributed by atoms with Crippen molar-refractivity contribution in [3.05, 3.63) is 23.9 Å². The molecule has 0 aliphatic carbocycles. The molecule has 0 saturated heterocycles. The van der Waals surface area contributed by atoms with Crippen LogP contribution in [0.4, 0.5) is 13.2 Å². The number of aromatic nitrogens is 1. The lowest BCUT2D eigenvalue weighted by molar-refractivity contribution is -0.173. The van der Waals surface area contributed by atoms with Crippen LogP contribution >= 0.6 is 0 Å². The molecule has 0 bridgehead atoms. The Morgan fingerprint density at radius 2 is 2.16 bits per heavy atom. The highest BCUT2D eigenvalue weighted by Gasteiger charge is 2.27. The maximum atomic E-state index is 11.7. The summed E-state index contributed by atoms with van der Waals surface area (Å²) < 4.78 is 44.4. The van der Waals surface area contributed by atoms with E-state index in [0.29, 0.717) is 5.88 Å². The molecule has 0 unspecified atom stereocenters. The maximum Gasteiger partial charge on any atom is 0.411 e. The second-order valence-corrected chi connectivity index (χ2v) is 3.51. The van der Waals surface area contributed by atoms with Gasteiger partial charge in [-0.3, -0.25) is 4.79 Å². The van der Waals surface area contributed by atoms with Crippen LogP contribution in [0.5, 0.6) is 5.88 Å². The number of carbonyl (C=O) groups excluding carboxylic acids is 1. The fourth-order valence-electron chi connectivity index (χ4n) is 1.16. The zero-order valence-corrected chi connectivity index (χ0v) is 10.2. The number of methoxy groups -OCH3 is 1. The largest absolute Gasteiger partial charge is 0.481 e. The van der Waals surface area contributed by atoms with Gasteiger partial charge in [0.05, 0.1) is 19.3 Å². The molecule has 1 rings (SSSR count). The number of hydrogen-bond acceptors (Lipinski definition) is 4. The van der Waals surface area contributed by atoms with E-state index in [2.05, 4.69) is 15.0 Å². The van der Waals surface area contributed by atoms with Gasteiger partial charge in [0.25, 0.3) is 5.91 Å². The third-order valence-corrected chi connectivity index (χ3v) is 2.01. The van der Waals surface area contributed by atoms with E-state index in [0.717, 1.165) is 0 Å². The van der Waals surface area contributed by atoms with Gasteiger partial charge in [0.15, 0.2) is 0 Å². The molecule has 19 heavy (non-hydrogen) atoms. The molecule has 1 heterocycles. The minimum Gasteiger partial charge on any atom is -0.481 e. The van der Waals surface area contributed by atoms with Gasteiger partial charge in [0, 0.05) is 18.8 Å². The van der Waals surface area contributed by atoms with E-state index in [1.807, 2.05) is 0 Å². The average Bonchev–Trinajstić information content (AvgIpc) is 2.37. The lowest BCUT2D eigenvalue weighted by atomic mass is 10.2. The van der Waals surface area contributed by atoms with Crippen LogP contribution < -0.4 is 10.1 Å². The summed E-state index contributed by atoms with van der Waals surface area (Å²) in [5, 5.41) is 2.41. The highest BCUT2D eigenvalue weighted by molar-refractivity contribution is 5.93. The Morgan fingerprint density at radius 1 is 1.42 bits per heavy atom. The molecule has 8 heteroatoms. The Balaban J connectivity index is 2.27. The number of nitrogens with one attached hydrogen (secondary N) is 1.